The molecule has 1 aromatic carbocycles. The van der Waals surface area contributed by atoms with Crippen LogP contribution < -0.4 is 5.32 Å². The second-order valence-corrected chi connectivity index (χ2v) is 6.16. The number of para-hydroxylation sites is 1. The first-order valence-corrected chi connectivity index (χ1v) is 7.97. The molecule has 0 saturated heterocycles. The van der Waals surface area contributed by atoms with E-state index in [2.05, 4.69) is 5.32 Å². The Bertz CT molecular complexity index is 538. The van der Waals surface area contributed by atoms with Crippen LogP contribution in [0.2, 0.25) is 5.02 Å². The number of benzene rings is 1. The number of nitrogens with zero attached hydrogens (tertiary/aromatic N) is 1. The van der Waals surface area contributed by atoms with Crippen LogP contribution in [0, 0.1) is 10.1 Å². The van der Waals surface area contributed by atoms with Crippen LogP contribution in [0.3, 0.4) is 0 Å². The van der Waals surface area contributed by atoms with E-state index in [1.807, 2.05) is 6.26 Å². The van der Waals surface area contributed by atoms with Crippen molar-refractivity contribution in [1.29, 1.82) is 0 Å². The molecule has 1 amide bonds. The summed E-state index contributed by atoms with van der Waals surface area (Å²) in [5.41, 5.74) is -0.306. The van der Waals surface area contributed by atoms with Gasteiger partial charge in [0.2, 0.25) is 0 Å². The van der Waals surface area contributed by atoms with Crippen LogP contribution in [-0.2, 0) is 0 Å². The van der Waals surface area contributed by atoms with Gasteiger partial charge < -0.3 is 5.32 Å². The van der Waals surface area contributed by atoms with Gasteiger partial charge in [-0.2, -0.15) is 11.8 Å². The zero-order valence-corrected chi connectivity index (χ0v) is 12.5. The van der Waals surface area contributed by atoms with E-state index in [0.717, 1.165) is 19.3 Å². The van der Waals surface area contributed by atoms with Gasteiger partial charge in [0.1, 0.15) is 10.6 Å². The summed E-state index contributed by atoms with van der Waals surface area (Å²) in [6.07, 6.45) is 5.04. The minimum Gasteiger partial charge on any atom is -0.348 e. The van der Waals surface area contributed by atoms with Crippen LogP contribution in [0.4, 0.5) is 5.69 Å². The van der Waals surface area contributed by atoms with E-state index < -0.39 is 10.8 Å². The first-order chi connectivity index (χ1) is 9.54. The minimum atomic E-state index is -0.613. The SMILES string of the molecule is CSC1CCCC1NC(=O)c1cccc(Cl)c1[N+](=O)[O-]. The Kier molecular flexibility index (Phi) is 4.88. The zero-order valence-electron chi connectivity index (χ0n) is 11.0. The van der Waals surface area contributed by atoms with Crippen LogP contribution in [0.1, 0.15) is 29.6 Å². The van der Waals surface area contributed by atoms with E-state index in [1.165, 1.54) is 12.1 Å². The number of nitrogens with one attached hydrogen (secondary N) is 1. The number of amides is 1. The number of thioether (sulfide) groups is 1. The van der Waals surface area contributed by atoms with Gasteiger partial charge in [0, 0.05) is 11.3 Å². The number of nitro benzene ring substituents is 1. The standard InChI is InChI=1S/C13H15ClN2O3S/c1-20-11-7-3-6-10(11)15-13(17)8-4-2-5-9(14)12(8)16(18)19/h2,4-5,10-11H,3,6-7H2,1H3,(H,15,17). The summed E-state index contributed by atoms with van der Waals surface area (Å²) in [7, 11) is 0. The Morgan fingerprint density at radius 3 is 2.90 bits per heavy atom. The molecule has 1 aliphatic carbocycles. The van der Waals surface area contributed by atoms with Crippen LogP contribution in [0.25, 0.3) is 0 Å². The lowest BCUT2D eigenvalue weighted by Gasteiger charge is -2.19. The number of rotatable bonds is 4. The molecule has 2 atom stereocenters. The Labute approximate surface area is 126 Å². The largest absolute Gasteiger partial charge is 0.348 e. The summed E-state index contributed by atoms with van der Waals surface area (Å²) in [5, 5.41) is 14.3. The summed E-state index contributed by atoms with van der Waals surface area (Å²) in [6, 6.07) is 4.46. The lowest BCUT2D eigenvalue weighted by molar-refractivity contribution is -0.385. The summed E-state index contributed by atoms with van der Waals surface area (Å²) >= 11 is 7.53. The topological polar surface area (TPSA) is 72.2 Å². The van der Waals surface area contributed by atoms with Gasteiger partial charge in [-0.25, -0.2) is 0 Å². The third kappa shape index (κ3) is 3.07. The quantitative estimate of drug-likeness (QED) is 0.684. The highest BCUT2D eigenvalue weighted by Crippen LogP contribution is 2.31. The van der Waals surface area contributed by atoms with Crippen LogP contribution in [0.5, 0.6) is 0 Å². The lowest BCUT2D eigenvalue weighted by Crippen LogP contribution is -2.38. The molecular weight excluding hydrogens is 300 g/mol. The fraction of sp³-hybridized carbons (Fsp3) is 0.462. The first kappa shape index (κ1) is 15.1. The number of hydrogen-bond donors (Lipinski definition) is 1. The molecule has 2 unspecified atom stereocenters. The Hall–Kier alpha value is -1.27. The normalized spacial score (nSPS) is 21.7. The Morgan fingerprint density at radius 1 is 1.50 bits per heavy atom. The van der Waals surface area contributed by atoms with E-state index in [4.69, 9.17) is 11.6 Å². The molecule has 7 heteroatoms. The van der Waals surface area contributed by atoms with E-state index in [0.29, 0.717) is 5.25 Å². The first-order valence-electron chi connectivity index (χ1n) is 6.31. The van der Waals surface area contributed by atoms with Gasteiger partial charge in [0.15, 0.2) is 0 Å². The third-order valence-corrected chi connectivity index (χ3v) is 4.96. The molecule has 0 radical (unpaired) electrons. The number of hydrogen-bond acceptors (Lipinski definition) is 4. The maximum Gasteiger partial charge on any atom is 0.300 e. The van der Waals surface area contributed by atoms with Gasteiger partial charge in [0.25, 0.3) is 5.91 Å². The van der Waals surface area contributed by atoms with Gasteiger partial charge >= 0.3 is 5.69 Å². The second-order valence-electron chi connectivity index (χ2n) is 4.68. The average molecular weight is 315 g/mol. The van der Waals surface area contributed by atoms with Crippen molar-refractivity contribution in [2.75, 3.05) is 6.26 Å². The summed E-state index contributed by atoms with van der Waals surface area (Å²) in [6.45, 7) is 0. The van der Waals surface area contributed by atoms with Gasteiger partial charge in [0.05, 0.1) is 4.92 Å². The number of carbonyl (C=O) groups is 1. The predicted molar refractivity (Wildman–Crippen MR) is 80.5 cm³/mol. The lowest BCUT2D eigenvalue weighted by atomic mass is 10.1. The van der Waals surface area contributed by atoms with E-state index >= 15 is 0 Å². The maximum atomic E-state index is 12.3. The van der Waals surface area contributed by atoms with E-state index in [-0.39, 0.29) is 22.3 Å². The van der Waals surface area contributed by atoms with Gasteiger partial charge in [-0.05, 0) is 31.2 Å². The van der Waals surface area contributed by atoms with E-state index in [9.17, 15) is 14.9 Å². The average Bonchev–Trinajstić information content (AvgIpc) is 2.85. The molecule has 1 saturated carbocycles. The molecule has 0 aliphatic heterocycles. The smallest absolute Gasteiger partial charge is 0.300 e. The van der Waals surface area contributed by atoms with Crippen molar-refractivity contribution in [1.82, 2.24) is 5.32 Å². The van der Waals surface area contributed by atoms with Crippen LogP contribution >= 0.6 is 23.4 Å². The summed E-state index contributed by atoms with van der Waals surface area (Å²) in [5.74, 6) is -0.426. The highest BCUT2D eigenvalue weighted by molar-refractivity contribution is 7.99. The van der Waals surface area contributed by atoms with Crippen LogP contribution in [0.15, 0.2) is 18.2 Å². The number of halogens is 1. The molecule has 0 heterocycles. The number of carbonyl (C=O) groups excluding carboxylic acids is 1. The molecule has 5 nitrogen and oxygen atoms in total. The van der Waals surface area contributed by atoms with Crippen molar-refractivity contribution >= 4 is 35.0 Å². The summed E-state index contributed by atoms with van der Waals surface area (Å²) < 4.78 is 0. The Balaban J connectivity index is 2.21. The van der Waals surface area contributed by atoms with Gasteiger partial charge in [-0.15, -0.1) is 0 Å². The second kappa shape index (κ2) is 6.45. The van der Waals surface area contributed by atoms with Crippen molar-refractivity contribution in [2.24, 2.45) is 0 Å². The van der Waals surface area contributed by atoms with E-state index in [1.54, 1.807) is 17.8 Å². The molecule has 1 fully saturated rings. The molecule has 2 rings (SSSR count). The number of nitro groups is 1. The van der Waals surface area contributed by atoms with Gasteiger partial charge in [-0.3, -0.25) is 14.9 Å². The molecule has 0 aromatic heterocycles. The fourth-order valence-electron chi connectivity index (χ4n) is 2.50. The third-order valence-electron chi connectivity index (χ3n) is 3.49. The van der Waals surface area contributed by atoms with Crippen molar-refractivity contribution in [2.45, 2.75) is 30.6 Å². The van der Waals surface area contributed by atoms with Gasteiger partial charge in [-0.1, -0.05) is 24.1 Å². The van der Waals surface area contributed by atoms with Crippen molar-refractivity contribution in [3.8, 4) is 0 Å². The van der Waals surface area contributed by atoms with Crippen molar-refractivity contribution < 1.29 is 9.72 Å². The molecule has 108 valence electrons. The van der Waals surface area contributed by atoms with Crippen LogP contribution in [-0.4, -0.2) is 28.4 Å². The minimum absolute atomic E-state index is 0.0181. The molecule has 1 aromatic rings. The molecular formula is C13H15ClN2O3S. The fourth-order valence-corrected chi connectivity index (χ4v) is 3.68. The van der Waals surface area contributed by atoms with Crippen molar-refractivity contribution in [3.05, 3.63) is 38.9 Å². The zero-order chi connectivity index (χ0) is 14.7. The highest BCUT2D eigenvalue weighted by Gasteiger charge is 2.30. The maximum absolute atomic E-state index is 12.3. The highest BCUT2D eigenvalue weighted by atomic mass is 35.5. The summed E-state index contributed by atoms with van der Waals surface area (Å²) in [4.78, 5) is 22.7. The molecule has 20 heavy (non-hydrogen) atoms. The molecule has 0 bridgehead atoms. The molecule has 1 N–H and O–H groups in total. The predicted octanol–water partition coefficient (Wildman–Crippen LogP) is 3.26. The Morgan fingerprint density at radius 2 is 2.25 bits per heavy atom. The van der Waals surface area contributed by atoms with Crippen molar-refractivity contribution in [3.63, 3.8) is 0 Å². The monoisotopic (exact) mass is 314 g/mol. The molecule has 1 aliphatic rings. The molecule has 0 spiro atoms.